The van der Waals surface area contributed by atoms with Crippen molar-refractivity contribution in [3.8, 4) is 0 Å². The summed E-state index contributed by atoms with van der Waals surface area (Å²) in [5.74, 6) is 5.88. The van der Waals surface area contributed by atoms with Crippen LogP contribution >= 0.6 is 0 Å². The first kappa shape index (κ1) is 21.5. The summed E-state index contributed by atoms with van der Waals surface area (Å²) in [6.07, 6.45) is 15.9. The van der Waals surface area contributed by atoms with Gasteiger partial charge < -0.3 is 10.3 Å². The number of allylic oxidation sites excluding steroid dienone is 2. The minimum Gasteiger partial charge on any atom is -0.481 e. The molecule has 4 saturated carbocycles. The number of rotatable bonds is 7. The molecule has 8 atom stereocenters. The van der Waals surface area contributed by atoms with Crippen LogP contribution in [0.15, 0.2) is 16.8 Å². The van der Waals surface area contributed by atoms with Crippen LogP contribution in [-0.4, -0.2) is 22.0 Å². The number of oxime groups is 1. The Morgan fingerprint density at radius 3 is 2.58 bits per heavy atom. The zero-order valence-corrected chi connectivity index (χ0v) is 19.4. The molecule has 0 aliphatic heterocycles. The maximum atomic E-state index is 11.3. The zero-order chi connectivity index (χ0) is 21.8. The number of carbonyl (C=O) groups is 1. The summed E-state index contributed by atoms with van der Waals surface area (Å²) in [4.78, 5) is 11.3. The molecule has 0 spiro atoms. The van der Waals surface area contributed by atoms with Gasteiger partial charge in [-0.1, -0.05) is 31.0 Å². The molecule has 0 saturated heterocycles. The summed E-state index contributed by atoms with van der Waals surface area (Å²) in [7, 11) is 0. The van der Waals surface area contributed by atoms with E-state index in [0.29, 0.717) is 17.8 Å². The molecule has 31 heavy (non-hydrogen) atoms. The van der Waals surface area contributed by atoms with Crippen molar-refractivity contribution in [3.05, 3.63) is 11.6 Å². The van der Waals surface area contributed by atoms with Gasteiger partial charge in [-0.2, -0.15) is 0 Å². The van der Waals surface area contributed by atoms with Crippen molar-refractivity contribution in [2.24, 2.45) is 57.9 Å². The highest BCUT2D eigenvalue weighted by atomic mass is 16.4. The second-order valence-electron chi connectivity index (χ2n) is 11.8. The maximum absolute atomic E-state index is 11.3. The van der Waals surface area contributed by atoms with Gasteiger partial charge in [-0.05, 0) is 123 Å². The van der Waals surface area contributed by atoms with Gasteiger partial charge in [0.2, 0.25) is 0 Å². The minimum absolute atomic E-state index is 0.327. The van der Waals surface area contributed by atoms with Crippen molar-refractivity contribution >= 4 is 11.7 Å². The van der Waals surface area contributed by atoms with Gasteiger partial charge in [0.05, 0.1) is 5.71 Å². The first-order valence-corrected chi connectivity index (χ1v) is 13.1. The summed E-state index contributed by atoms with van der Waals surface area (Å²) in [5.41, 5.74) is 2.83. The lowest BCUT2D eigenvalue weighted by Crippen LogP contribution is -2.52. The minimum atomic E-state index is -0.636. The Labute approximate surface area is 187 Å². The topological polar surface area (TPSA) is 69.9 Å². The van der Waals surface area contributed by atoms with Crippen LogP contribution in [0.2, 0.25) is 0 Å². The first-order chi connectivity index (χ1) is 15.0. The third-order valence-electron chi connectivity index (χ3n) is 10.4. The molecule has 0 aromatic carbocycles. The largest absolute Gasteiger partial charge is 0.481 e. The number of aliphatic carboxylic acids is 1. The molecule has 0 amide bonds. The molecule has 4 nitrogen and oxygen atoms in total. The van der Waals surface area contributed by atoms with E-state index in [2.05, 4.69) is 25.1 Å². The van der Waals surface area contributed by atoms with E-state index in [1.807, 2.05) is 0 Å². The standard InChI is InChI=1S/C27H41NO3/c1-3-27(11-4-5-24(29)30)12-10-21-20-9-8-19(28-31)14-18(20)15-23(17-6-7-17)25(21)26(27)22-13-16(22)2/h14,16-17,20-23,25-26,31H,3-13,15H2,1-2H3,(H,29,30)/b28-19+/t16?,20?,21?,22-,23?,25?,26?,27?/m0/s1. The Morgan fingerprint density at radius 1 is 1.19 bits per heavy atom. The average Bonchev–Trinajstić information content (AvgIpc) is 3.69. The van der Waals surface area contributed by atoms with Crippen LogP contribution in [0.25, 0.3) is 0 Å². The maximum Gasteiger partial charge on any atom is 0.303 e. The van der Waals surface area contributed by atoms with Gasteiger partial charge in [0.15, 0.2) is 0 Å². The van der Waals surface area contributed by atoms with Crippen molar-refractivity contribution < 1.29 is 15.1 Å². The molecule has 4 fully saturated rings. The zero-order valence-electron chi connectivity index (χ0n) is 19.4. The molecule has 2 N–H and O–H groups in total. The van der Waals surface area contributed by atoms with Gasteiger partial charge >= 0.3 is 5.97 Å². The molecule has 0 radical (unpaired) electrons. The fourth-order valence-electron chi connectivity index (χ4n) is 8.68. The summed E-state index contributed by atoms with van der Waals surface area (Å²) in [5, 5.41) is 22.2. The normalized spacial score (nSPS) is 45.5. The number of fused-ring (bicyclic) bond motifs is 3. The van der Waals surface area contributed by atoms with Crippen LogP contribution in [0.1, 0.15) is 90.9 Å². The molecule has 4 heteroatoms. The van der Waals surface area contributed by atoms with Crippen LogP contribution in [0.5, 0.6) is 0 Å². The second-order valence-corrected chi connectivity index (χ2v) is 11.8. The van der Waals surface area contributed by atoms with Crippen LogP contribution in [0, 0.1) is 52.8 Å². The van der Waals surface area contributed by atoms with Crippen molar-refractivity contribution in [2.45, 2.75) is 90.9 Å². The van der Waals surface area contributed by atoms with E-state index in [0.717, 1.165) is 72.8 Å². The number of hydrogen-bond donors (Lipinski definition) is 2. The van der Waals surface area contributed by atoms with Crippen LogP contribution in [0.4, 0.5) is 0 Å². The van der Waals surface area contributed by atoms with Gasteiger partial charge in [0.1, 0.15) is 0 Å². The Balaban J connectivity index is 1.49. The van der Waals surface area contributed by atoms with E-state index >= 15 is 0 Å². The lowest BCUT2D eigenvalue weighted by Gasteiger charge is -2.59. The van der Waals surface area contributed by atoms with E-state index < -0.39 is 5.97 Å². The molecule has 0 bridgehead atoms. The van der Waals surface area contributed by atoms with Crippen molar-refractivity contribution in [3.63, 3.8) is 0 Å². The van der Waals surface area contributed by atoms with Crippen molar-refractivity contribution in [1.29, 1.82) is 0 Å². The van der Waals surface area contributed by atoms with Crippen LogP contribution < -0.4 is 0 Å². The van der Waals surface area contributed by atoms with Crippen molar-refractivity contribution in [2.75, 3.05) is 0 Å². The molecule has 0 heterocycles. The predicted molar refractivity (Wildman–Crippen MR) is 122 cm³/mol. The van der Waals surface area contributed by atoms with Crippen LogP contribution in [-0.2, 0) is 4.79 Å². The molecule has 172 valence electrons. The van der Waals surface area contributed by atoms with Crippen LogP contribution in [0.3, 0.4) is 0 Å². The third-order valence-corrected chi connectivity index (χ3v) is 10.4. The molecule has 5 aliphatic rings. The Kier molecular flexibility index (Phi) is 5.71. The molecule has 7 unspecified atom stereocenters. The fourth-order valence-corrected chi connectivity index (χ4v) is 8.68. The number of carboxylic acids is 1. The van der Waals surface area contributed by atoms with Gasteiger partial charge in [-0.3, -0.25) is 4.79 Å². The number of carboxylic acid groups (broad SMARTS) is 1. The Hall–Kier alpha value is -1.32. The van der Waals surface area contributed by atoms with Gasteiger partial charge in [0.25, 0.3) is 0 Å². The van der Waals surface area contributed by atoms with Crippen molar-refractivity contribution in [1.82, 2.24) is 0 Å². The predicted octanol–water partition coefficient (Wildman–Crippen LogP) is 6.53. The van der Waals surface area contributed by atoms with E-state index in [4.69, 9.17) is 0 Å². The summed E-state index contributed by atoms with van der Waals surface area (Å²) in [6, 6.07) is 0. The monoisotopic (exact) mass is 427 g/mol. The number of nitrogens with zero attached hydrogens (tertiary/aromatic N) is 1. The summed E-state index contributed by atoms with van der Waals surface area (Å²) in [6.45, 7) is 4.85. The Bertz CT molecular complexity index is 768. The Morgan fingerprint density at radius 2 is 1.97 bits per heavy atom. The van der Waals surface area contributed by atoms with E-state index in [-0.39, 0.29) is 0 Å². The highest BCUT2D eigenvalue weighted by molar-refractivity contribution is 5.96. The van der Waals surface area contributed by atoms with Gasteiger partial charge in [-0.15, -0.1) is 0 Å². The van der Waals surface area contributed by atoms with Gasteiger partial charge in [0, 0.05) is 6.42 Å². The SMILES string of the molecule is CCC1(CCCC(=O)O)CCC2C3CC/C(=N\O)C=C3CC(C3CC3)C2C1[C@H]1CC1C. The molecule has 0 aromatic rings. The van der Waals surface area contributed by atoms with E-state index in [1.54, 1.807) is 5.57 Å². The third kappa shape index (κ3) is 3.86. The average molecular weight is 428 g/mol. The molecular formula is C27H41NO3. The van der Waals surface area contributed by atoms with Gasteiger partial charge in [-0.25, -0.2) is 0 Å². The lowest BCUT2D eigenvalue weighted by molar-refractivity contribution is -0.137. The molecule has 5 aliphatic carbocycles. The highest BCUT2D eigenvalue weighted by Gasteiger charge is 2.61. The quantitative estimate of drug-likeness (QED) is 0.358. The highest BCUT2D eigenvalue weighted by Crippen LogP contribution is 2.69. The fraction of sp³-hybridized carbons (Fsp3) is 0.852. The molecular weight excluding hydrogens is 386 g/mol. The summed E-state index contributed by atoms with van der Waals surface area (Å²) < 4.78 is 0. The lowest BCUT2D eigenvalue weighted by atomic mass is 9.45. The van der Waals surface area contributed by atoms with E-state index in [1.165, 1.54) is 44.9 Å². The summed E-state index contributed by atoms with van der Waals surface area (Å²) >= 11 is 0. The second kappa shape index (κ2) is 8.23. The first-order valence-electron chi connectivity index (χ1n) is 13.1. The molecule has 0 aromatic heterocycles. The number of hydrogen-bond acceptors (Lipinski definition) is 3. The molecule has 5 rings (SSSR count). The smallest absolute Gasteiger partial charge is 0.303 e. The van der Waals surface area contributed by atoms with E-state index in [9.17, 15) is 15.1 Å².